The molecule has 1 saturated heterocycles. The van der Waals surface area contributed by atoms with Crippen LogP contribution in [0.15, 0.2) is 0 Å². The van der Waals surface area contributed by atoms with Crippen LogP contribution >= 0.6 is 0 Å². The van der Waals surface area contributed by atoms with Gasteiger partial charge in [-0.1, -0.05) is 12.8 Å². The third kappa shape index (κ3) is 4.72. The van der Waals surface area contributed by atoms with Gasteiger partial charge in [0.05, 0.1) is 0 Å². The van der Waals surface area contributed by atoms with Crippen LogP contribution in [0.3, 0.4) is 0 Å². The number of likely N-dealkylation sites (tertiary alicyclic amines) is 1. The van der Waals surface area contributed by atoms with Crippen molar-refractivity contribution in [3.05, 3.63) is 0 Å². The Balaban J connectivity index is 2.08. The van der Waals surface area contributed by atoms with Crippen LogP contribution in [0.2, 0.25) is 0 Å². The highest BCUT2D eigenvalue weighted by molar-refractivity contribution is 5.71. The van der Waals surface area contributed by atoms with Crippen molar-refractivity contribution in [2.45, 2.75) is 25.7 Å². The third-order valence-corrected chi connectivity index (χ3v) is 2.43. The number of nitrogens with zero attached hydrogens (tertiary/aromatic N) is 1. The predicted molar refractivity (Wildman–Crippen MR) is 52.5 cm³/mol. The Labute approximate surface area is 79.5 Å². The molecule has 0 radical (unpaired) electrons. The standard InChI is InChI=1S/C9H19N3O/c10-9(13)11-5-8-12-6-3-1-2-4-7-12/h1-8H2,(H3,10,11,13). The number of carbonyl (C=O) groups excluding carboxylic acids is 1. The molecule has 1 fully saturated rings. The van der Waals surface area contributed by atoms with Crippen LogP contribution in [0.4, 0.5) is 4.79 Å². The molecule has 0 aliphatic carbocycles. The van der Waals surface area contributed by atoms with Crippen molar-refractivity contribution in [1.29, 1.82) is 0 Å². The molecule has 3 N–H and O–H groups in total. The Morgan fingerprint density at radius 3 is 2.38 bits per heavy atom. The quantitative estimate of drug-likeness (QED) is 0.674. The summed E-state index contributed by atoms with van der Waals surface area (Å²) in [5.41, 5.74) is 4.97. The molecule has 0 aromatic carbocycles. The van der Waals surface area contributed by atoms with E-state index in [1.165, 1.54) is 38.8 Å². The maximum atomic E-state index is 10.4. The summed E-state index contributed by atoms with van der Waals surface area (Å²) in [5.74, 6) is 0. The number of rotatable bonds is 3. The average Bonchev–Trinajstić information content (AvgIpc) is 2.32. The monoisotopic (exact) mass is 185 g/mol. The van der Waals surface area contributed by atoms with Gasteiger partial charge in [-0.15, -0.1) is 0 Å². The molecule has 1 rings (SSSR count). The lowest BCUT2D eigenvalue weighted by atomic mass is 10.2. The van der Waals surface area contributed by atoms with E-state index in [1.807, 2.05) is 0 Å². The molecule has 2 amide bonds. The van der Waals surface area contributed by atoms with Gasteiger partial charge in [0.25, 0.3) is 0 Å². The number of nitrogens with two attached hydrogens (primary N) is 1. The van der Waals surface area contributed by atoms with Crippen LogP contribution < -0.4 is 11.1 Å². The first-order valence-corrected chi connectivity index (χ1v) is 5.05. The zero-order valence-corrected chi connectivity index (χ0v) is 8.09. The average molecular weight is 185 g/mol. The van der Waals surface area contributed by atoms with Gasteiger partial charge in [0.2, 0.25) is 0 Å². The first-order valence-electron chi connectivity index (χ1n) is 5.05. The van der Waals surface area contributed by atoms with E-state index >= 15 is 0 Å². The molecule has 13 heavy (non-hydrogen) atoms. The SMILES string of the molecule is NC(=O)NCCN1CCCCCC1. The van der Waals surface area contributed by atoms with Crippen molar-refractivity contribution in [2.75, 3.05) is 26.2 Å². The van der Waals surface area contributed by atoms with Crippen LogP contribution in [-0.2, 0) is 0 Å². The van der Waals surface area contributed by atoms with Gasteiger partial charge < -0.3 is 16.0 Å². The molecule has 4 heteroatoms. The fourth-order valence-corrected chi connectivity index (χ4v) is 1.70. The summed E-state index contributed by atoms with van der Waals surface area (Å²) in [6.45, 7) is 3.94. The Hall–Kier alpha value is -0.770. The molecule has 0 saturated carbocycles. The van der Waals surface area contributed by atoms with Crippen LogP contribution in [0.25, 0.3) is 0 Å². The second-order valence-corrected chi connectivity index (χ2v) is 3.55. The lowest BCUT2D eigenvalue weighted by Crippen LogP contribution is -2.37. The normalized spacial score (nSPS) is 19.4. The predicted octanol–water partition coefficient (Wildman–Crippen LogP) is 0.531. The number of carbonyl (C=O) groups is 1. The summed E-state index contributed by atoms with van der Waals surface area (Å²) in [5, 5.41) is 2.61. The lowest BCUT2D eigenvalue weighted by Gasteiger charge is -2.19. The minimum Gasteiger partial charge on any atom is -0.352 e. The van der Waals surface area contributed by atoms with E-state index in [0.717, 1.165) is 6.54 Å². The maximum absolute atomic E-state index is 10.4. The van der Waals surface area contributed by atoms with Crippen LogP contribution in [-0.4, -0.2) is 37.1 Å². The Morgan fingerprint density at radius 1 is 1.23 bits per heavy atom. The summed E-state index contributed by atoms with van der Waals surface area (Å²) in [6, 6.07) is -0.421. The highest BCUT2D eigenvalue weighted by Gasteiger charge is 2.07. The second kappa shape index (κ2) is 5.80. The van der Waals surface area contributed by atoms with Gasteiger partial charge in [-0.05, 0) is 25.9 Å². The highest BCUT2D eigenvalue weighted by Crippen LogP contribution is 2.08. The zero-order chi connectivity index (χ0) is 9.52. The van der Waals surface area contributed by atoms with Gasteiger partial charge in [0, 0.05) is 13.1 Å². The van der Waals surface area contributed by atoms with Crippen LogP contribution in [0, 0.1) is 0 Å². The van der Waals surface area contributed by atoms with E-state index in [4.69, 9.17) is 5.73 Å². The van der Waals surface area contributed by atoms with Crippen LogP contribution in [0.1, 0.15) is 25.7 Å². The number of hydrogen-bond donors (Lipinski definition) is 2. The van der Waals surface area contributed by atoms with Crippen molar-refractivity contribution in [3.8, 4) is 0 Å². The van der Waals surface area contributed by atoms with Crippen molar-refractivity contribution < 1.29 is 4.79 Å². The Morgan fingerprint density at radius 2 is 1.85 bits per heavy atom. The summed E-state index contributed by atoms with van der Waals surface area (Å²) in [6.07, 6.45) is 5.27. The lowest BCUT2D eigenvalue weighted by molar-refractivity contribution is 0.243. The smallest absolute Gasteiger partial charge is 0.312 e. The molecule has 0 aromatic rings. The van der Waals surface area contributed by atoms with Crippen molar-refractivity contribution in [2.24, 2.45) is 5.73 Å². The third-order valence-electron chi connectivity index (χ3n) is 2.43. The van der Waals surface area contributed by atoms with E-state index in [1.54, 1.807) is 0 Å². The van der Waals surface area contributed by atoms with E-state index < -0.39 is 6.03 Å². The Kier molecular flexibility index (Phi) is 4.60. The molecular weight excluding hydrogens is 166 g/mol. The topological polar surface area (TPSA) is 58.4 Å². The summed E-state index contributed by atoms with van der Waals surface area (Å²) < 4.78 is 0. The van der Waals surface area contributed by atoms with Crippen LogP contribution in [0.5, 0.6) is 0 Å². The number of amides is 2. The number of hydrogen-bond acceptors (Lipinski definition) is 2. The summed E-state index contributed by atoms with van der Waals surface area (Å²) in [4.78, 5) is 12.8. The molecule has 76 valence electrons. The molecule has 1 heterocycles. The van der Waals surface area contributed by atoms with E-state index in [0.29, 0.717) is 6.54 Å². The molecule has 1 aliphatic heterocycles. The van der Waals surface area contributed by atoms with Gasteiger partial charge in [-0.25, -0.2) is 4.79 Å². The largest absolute Gasteiger partial charge is 0.352 e. The van der Waals surface area contributed by atoms with E-state index in [2.05, 4.69) is 10.2 Å². The number of nitrogens with one attached hydrogen (secondary N) is 1. The fourth-order valence-electron chi connectivity index (χ4n) is 1.70. The highest BCUT2D eigenvalue weighted by atomic mass is 16.2. The Bertz CT molecular complexity index is 153. The minimum absolute atomic E-state index is 0.421. The number of primary amides is 1. The van der Waals surface area contributed by atoms with Crippen molar-refractivity contribution in [3.63, 3.8) is 0 Å². The molecule has 1 aliphatic rings. The molecule has 0 bridgehead atoms. The maximum Gasteiger partial charge on any atom is 0.312 e. The van der Waals surface area contributed by atoms with Gasteiger partial charge in [0.15, 0.2) is 0 Å². The molecule has 4 nitrogen and oxygen atoms in total. The van der Waals surface area contributed by atoms with E-state index in [-0.39, 0.29) is 0 Å². The van der Waals surface area contributed by atoms with Crippen molar-refractivity contribution in [1.82, 2.24) is 10.2 Å². The van der Waals surface area contributed by atoms with Gasteiger partial charge >= 0.3 is 6.03 Å². The van der Waals surface area contributed by atoms with Crippen molar-refractivity contribution >= 4 is 6.03 Å². The molecule has 0 aromatic heterocycles. The minimum atomic E-state index is -0.421. The first kappa shape index (κ1) is 10.3. The van der Waals surface area contributed by atoms with Gasteiger partial charge in [-0.3, -0.25) is 0 Å². The van der Waals surface area contributed by atoms with Gasteiger partial charge in [-0.2, -0.15) is 0 Å². The molecule has 0 spiro atoms. The summed E-state index contributed by atoms with van der Waals surface area (Å²) >= 11 is 0. The fraction of sp³-hybridized carbons (Fsp3) is 0.889. The molecular formula is C9H19N3O. The number of urea groups is 1. The zero-order valence-electron chi connectivity index (χ0n) is 8.09. The molecule has 0 unspecified atom stereocenters. The van der Waals surface area contributed by atoms with E-state index in [9.17, 15) is 4.79 Å². The second-order valence-electron chi connectivity index (χ2n) is 3.55. The molecule has 0 atom stereocenters. The summed E-state index contributed by atoms with van der Waals surface area (Å²) in [7, 11) is 0. The first-order chi connectivity index (χ1) is 6.29. The van der Waals surface area contributed by atoms with Gasteiger partial charge in [0.1, 0.15) is 0 Å².